The molecule has 0 rings (SSSR count). The minimum atomic E-state index is -5.40. The summed E-state index contributed by atoms with van der Waals surface area (Å²) in [6.45, 7) is 0. The SMILES string of the molecule is O=C(CC(=O)C(F)(F)F)C(F)(F)F.O=C(CC(=O)C(F)(F)F)C(F)(F)F.O=C(CC(=O)C(F)(F)F)C(F)(F)F.[Eu]. The van der Waals surface area contributed by atoms with Crippen LogP contribution in [0.15, 0.2) is 0 Å². The third-order valence-corrected chi connectivity index (χ3v) is 2.86. The summed E-state index contributed by atoms with van der Waals surface area (Å²) in [5, 5.41) is 0. The second-order valence-corrected chi connectivity index (χ2v) is 6.06. The van der Waals surface area contributed by atoms with Gasteiger partial charge in [-0.1, -0.05) is 0 Å². The molecule has 0 unspecified atom stereocenters. The molecule has 0 aliphatic heterocycles. The maximum Gasteiger partial charge on any atom is 0.450 e. The molecule has 0 spiro atoms. The van der Waals surface area contributed by atoms with Crippen molar-refractivity contribution in [3.63, 3.8) is 0 Å². The van der Waals surface area contributed by atoms with E-state index >= 15 is 0 Å². The Morgan fingerprint density at radius 3 is 0.400 bits per heavy atom. The van der Waals surface area contributed by atoms with Crippen LogP contribution in [0.1, 0.15) is 19.3 Å². The average molecular weight is 776 g/mol. The minimum absolute atomic E-state index is 0. The van der Waals surface area contributed by atoms with E-state index in [1.165, 1.54) is 0 Å². The summed E-state index contributed by atoms with van der Waals surface area (Å²) in [4.78, 5) is 59.3. The molecule has 0 amide bonds. The Morgan fingerprint density at radius 1 is 0.275 bits per heavy atom. The van der Waals surface area contributed by atoms with Crippen molar-refractivity contribution < 1.29 is 157 Å². The number of halogens is 18. The number of Topliss-reactive ketones (excluding diaryl/α,β-unsaturated/α-hetero) is 6. The average Bonchev–Trinajstić information content (AvgIpc) is 2.64. The largest absolute Gasteiger partial charge is 0.450 e. The molecule has 0 fully saturated rings. The van der Waals surface area contributed by atoms with E-state index in [1.54, 1.807) is 0 Å². The zero-order chi connectivity index (χ0) is 32.6. The predicted molar refractivity (Wildman–Crippen MR) is 80.2 cm³/mol. The normalized spacial score (nSPS) is 12.4. The van der Waals surface area contributed by atoms with Gasteiger partial charge in [0.05, 0.1) is 19.3 Å². The Balaban J connectivity index is -0.000000240. The number of ketones is 6. The second kappa shape index (κ2) is 16.1. The van der Waals surface area contributed by atoms with Crippen molar-refractivity contribution in [2.75, 3.05) is 0 Å². The van der Waals surface area contributed by atoms with E-state index in [9.17, 15) is 108 Å². The fourth-order valence-electron chi connectivity index (χ4n) is 1.04. The molecule has 0 atom stereocenters. The summed E-state index contributed by atoms with van der Waals surface area (Å²) in [6.07, 6.45) is -39.0. The fraction of sp³-hybridized carbons (Fsp3) is 0.600. The Kier molecular flexibility index (Phi) is 18.3. The van der Waals surface area contributed by atoms with Crippen LogP contribution in [0.5, 0.6) is 0 Å². The Morgan fingerprint density at radius 2 is 0.350 bits per heavy atom. The first-order chi connectivity index (χ1) is 16.6. The molecule has 235 valence electrons. The van der Waals surface area contributed by atoms with Gasteiger partial charge in [-0.2, -0.15) is 79.0 Å². The molecule has 25 heteroatoms. The van der Waals surface area contributed by atoms with E-state index in [1.807, 2.05) is 0 Å². The Hall–Kier alpha value is -1.66. The number of hydrogen-bond donors (Lipinski definition) is 0. The van der Waals surface area contributed by atoms with Crippen LogP contribution in [0.2, 0.25) is 0 Å². The molecule has 0 heterocycles. The molecular weight excluding hydrogens is 770 g/mol. The van der Waals surface area contributed by atoms with Gasteiger partial charge in [-0.15, -0.1) is 0 Å². The third-order valence-electron chi connectivity index (χ3n) is 2.86. The number of hydrogen-bond acceptors (Lipinski definition) is 6. The molecular formula is C15H6EuF18O6. The van der Waals surface area contributed by atoms with Crippen molar-refractivity contribution in [1.29, 1.82) is 0 Å². The standard InChI is InChI=1S/3C5H2F6O2.Eu/c3*6-4(7,8)2(12)1-3(13)5(9,10)11;/h3*1H2;. The summed E-state index contributed by atoms with van der Waals surface area (Å²) < 4.78 is 204. The number of carbonyl (C=O) groups is 6. The monoisotopic (exact) mass is 777 g/mol. The van der Waals surface area contributed by atoms with Gasteiger partial charge in [-0.3, -0.25) is 28.8 Å². The first kappa shape index (κ1) is 45.3. The number of alkyl halides is 18. The van der Waals surface area contributed by atoms with E-state index < -0.39 is 91.0 Å². The first-order valence-electron chi connectivity index (χ1n) is 8.25. The summed E-state index contributed by atoms with van der Waals surface area (Å²) in [5.41, 5.74) is 0. The molecule has 0 bridgehead atoms. The smallest absolute Gasteiger partial charge is 0.289 e. The molecule has 0 saturated heterocycles. The van der Waals surface area contributed by atoms with Gasteiger partial charge in [0.15, 0.2) is 0 Å². The molecule has 1 radical (unpaired) electrons. The summed E-state index contributed by atoms with van der Waals surface area (Å²) in [7, 11) is 0. The van der Waals surface area contributed by atoms with Gasteiger partial charge in [0.25, 0.3) is 0 Å². The molecule has 6 nitrogen and oxygen atoms in total. The maximum absolute atomic E-state index is 11.3. The Labute approximate surface area is 247 Å². The van der Waals surface area contributed by atoms with Crippen LogP contribution in [0.3, 0.4) is 0 Å². The van der Waals surface area contributed by atoms with E-state index in [4.69, 9.17) is 0 Å². The zero-order valence-corrected chi connectivity index (χ0v) is 20.2. The third kappa shape index (κ3) is 21.1. The summed E-state index contributed by atoms with van der Waals surface area (Å²) in [6, 6.07) is 0. The van der Waals surface area contributed by atoms with Crippen LogP contribution in [-0.2, 0) is 28.8 Å². The van der Waals surface area contributed by atoms with Crippen molar-refractivity contribution in [1.82, 2.24) is 0 Å². The first-order valence-corrected chi connectivity index (χ1v) is 8.25. The molecule has 40 heavy (non-hydrogen) atoms. The quantitative estimate of drug-likeness (QED) is 0.281. The van der Waals surface area contributed by atoms with E-state index in [0.717, 1.165) is 0 Å². The van der Waals surface area contributed by atoms with E-state index in [2.05, 4.69) is 0 Å². The van der Waals surface area contributed by atoms with Gasteiger partial charge in [-0.05, 0) is 0 Å². The summed E-state index contributed by atoms with van der Waals surface area (Å²) >= 11 is 0. The van der Waals surface area contributed by atoms with Gasteiger partial charge in [0, 0.05) is 49.4 Å². The van der Waals surface area contributed by atoms with Crippen molar-refractivity contribution in [2.24, 2.45) is 0 Å². The molecule has 0 N–H and O–H groups in total. The topological polar surface area (TPSA) is 102 Å². The van der Waals surface area contributed by atoms with Crippen LogP contribution >= 0.6 is 0 Å². The van der Waals surface area contributed by atoms with Crippen LogP contribution < -0.4 is 0 Å². The van der Waals surface area contributed by atoms with Crippen LogP contribution in [0.4, 0.5) is 79.0 Å². The van der Waals surface area contributed by atoms with E-state index in [0.29, 0.717) is 0 Å². The van der Waals surface area contributed by atoms with Gasteiger partial charge >= 0.3 is 37.1 Å². The van der Waals surface area contributed by atoms with Crippen molar-refractivity contribution in [2.45, 2.75) is 56.3 Å². The van der Waals surface area contributed by atoms with Crippen LogP contribution in [-0.4, -0.2) is 71.8 Å². The second-order valence-electron chi connectivity index (χ2n) is 6.06. The van der Waals surface area contributed by atoms with Crippen LogP contribution in [0.25, 0.3) is 0 Å². The van der Waals surface area contributed by atoms with E-state index in [-0.39, 0.29) is 49.4 Å². The maximum atomic E-state index is 11.3. The summed E-state index contributed by atoms with van der Waals surface area (Å²) in [5.74, 6) is -16.2. The van der Waals surface area contributed by atoms with Crippen molar-refractivity contribution in [3.8, 4) is 0 Å². The van der Waals surface area contributed by atoms with Gasteiger partial charge in [0.2, 0.25) is 34.7 Å². The van der Waals surface area contributed by atoms with Gasteiger partial charge in [-0.25, -0.2) is 0 Å². The van der Waals surface area contributed by atoms with Crippen molar-refractivity contribution >= 4 is 34.7 Å². The molecule has 0 saturated carbocycles. The Bertz CT molecular complexity index is 726. The van der Waals surface area contributed by atoms with Gasteiger partial charge < -0.3 is 0 Å². The molecule has 0 aromatic rings. The molecule has 0 aromatic carbocycles. The minimum Gasteiger partial charge on any atom is -0.289 e. The molecule has 0 aromatic heterocycles. The van der Waals surface area contributed by atoms with Gasteiger partial charge in [0.1, 0.15) is 0 Å². The predicted octanol–water partition coefficient (Wildman–Crippen LogP) is 4.92. The zero-order valence-electron chi connectivity index (χ0n) is 17.8. The fourth-order valence-corrected chi connectivity index (χ4v) is 1.04. The number of carbonyl (C=O) groups excluding carboxylic acids is 6. The molecule has 0 aliphatic carbocycles. The van der Waals surface area contributed by atoms with Crippen molar-refractivity contribution in [3.05, 3.63) is 0 Å². The van der Waals surface area contributed by atoms with Crippen LogP contribution in [0, 0.1) is 49.4 Å². The molecule has 0 aliphatic rings. The number of rotatable bonds is 6.